The summed E-state index contributed by atoms with van der Waals surface area (Å²) in [5.74, 6) is -1.75. The average Bonchev–Trinajstić information content (AvgIpc) is 2.57. The summed E-state index contributed by atoms with van der Waals surface area (Å²) in [6, 6.07) is 10.7. The van der Waals surface area contributed by atoms with Crippen molar-refractivity contribution in [3.63, 3.8) is 0 Å². The molecule has 124 valence electrons. The van der Waals surface area contributed by atoms with Crippen molar-refractivity contribution in [2.75, 3.05) is 17.2 Å². The summed E-state index contributed by atoms with van der Waals surface area (Å²) in [5, 5.41) is 0. The minimum absolute atomic E-state index is 0.00325. The van der Waals surface area contributed by atoms with Gasteiger partial charge in [-0.3, -0.25) is 9.59 Å². The van der Waals surface area contributed by atoms with Crippen LogP contribution in [-0.4, -0.2) is 29.4 Å². The van der Waals surface area contributed by atoms with Gasteiger partial charge in [-0.2, -0.15) is 0 Å². The number of carbonyl (C=O) groups excluding carboxylic acids is 3. The Morgan fingerprint density at radius 3 is 2.29 bits per heavy atom. The van der Waals surface area contributed by atoms with Crippen molar-refractivity contribution in [1.82, 2.24) is 4.98 Å². The predicted octanol–water partition coefficient (Wildman–Crippen LogP) is 2.03. The molecule has 0 aliphatic rings. The van der Waals surface area contributed by atoms with Crippen molar-refractivity contribution < 1.29 is 19.1 Å². The summed E-state index contributed by atoms with van der Waals surface area (Å²) >= 11 is 0. The molecule has 7 nitrogen and oxygen atoms in total. The zero-order valence-electron chi connectivity index (χ0n) is 13.4. The quantitative estimate of drug-likeness (QED) is 0.681. The molecule has 0 bridgehead atoms. The van der Waals surface area contributed by atoms with Crippen LogP contribution in [0.2, 0.25) is 0 Å². The number of imide groups is 1. The Hall–Kier alpha value is -3.22. The minimum atomic E-state index is -0.640. The van der Waals surface area contributed by atoms with Gasteiger partial charge in [-0.05, 0) is 43.3 Å². The van der Waals surface area contributed by atoms with E-state index in [1.165, 1.54) is 25.1 Å². The normalized spacial score (nSPS) is 10.1. The Labute approximate surface area is 139 Å². The summed E-state index contributed by atoms with van der Waals surface area (Å²) in [6.45, 7) is 3.14. The van der Waals surface area contributed by atoms with Crippen LogP contribution in [0.4, 0.5) is 11.4 Å². The van der Waals surface area contributed by atoms with Crippen molar-refractivity contribution in [2.24, 2.45) is 0 Å². The van der Waals surface area contributed by atoms with Gasteiger partial charge in [0.1, 0.15) is 11.4 Å². The first-order valence-corrected chi connectivity index (χ1v) is 7.28. The highest BCUT2D eigenvalue weighted by molar-refractivity contribution is 6.20. The molecule has 1 heterocycles. The fourth-order valence-corrected chi connectivity index (χ4v) is 2.05. The SMILES string of the molecule is CCOC(=O)c1cccc(C(=O)N(C(C)=O)c2ccc(N)cc2)n1. The van der Waals surface area contributed by atoms with Gasteiger partial charge in [0.2, 0.25) is 5.91 Å². The molecule has 1 aromatic heterocycles. The van der Waals surface area contributed by atoms with E-state index in [2.05, 4.69) is 4.98 Å². The van der Waals surface area contributed by atoms with Gasteiger partial charge >= 0.3 is 5.97 Å². The first kappa shape index (κ1) is 17.1. The Morgan fingerprint density at radius 1 is 1.08 bits per heavy atom. The molecule has 0 atom stereocenters. The number of ether oxygens (including phenoxy) is 1. The average molecular weight is 327 g/mol. The third-order valence-electron chi connectivity index (χ3n) is 3.12. The van der Waals surface area contributed by atoms with Crippen LogP contribution in [0.1, 0.15) is 34.8 Å². The molecule has 0 saturated carbocycles. The van der Waals surface area contributed by atoms with Crippen molar-refractivity contribution >= 4 is 29.2 Å². The second-order valence-corrected chi connectivity index (χ2v) is 4.88. The number of hydrogen-bond donors (Lipinski definition) is 1. The highest BCUT2D eigenvalue weighted by Gasteiger charge is 2.24. The molecule has 2 N–H and O–H groups in total. The minimum Gasteiger partial charge on any atom is -0.461 e. The topological polar surface area (TPSA) is 103 Å². The number of aromatic nitrogens is 1. The molecule has 0 radical (unpaired) electrons. The lowest BCUT2D eigenvalue weighted by Crippen LogP contribution is -2.36. The number of pyridine rings is 1. The maximum Gasteiger partial charge on any atom is 0.356 e. The highest BCUT2D eigenvalue weighted by Crippen LogP contribution is 2.19. The standard InChI is InChI=1S/C17H17N3O4/c1-3-24-17(23)15-6-4-5-14(19-15)16(22)20(11(2)21)13-9-7-12(18)8-10-13/h4-10H,3,18H2,1-2H3. The van der Waals surface area contributed by atoms with Crippen LogP contribution in [-0.2, 0) is 9.53 Å². The van der Waals surface area contributed by atoms with Crippen LogP contribution < -0.4 is 10.6 Å². The number of nitrogens with two attached hydrogens (primary N) is 1. The molecule has 1 aromatic carbocycles. The van der Waals surface area contributed by atoms with E-state index < -0.39 is 17.8 Å². The molecule has 0 spiro atoms. The number of benzene rings is 1. The summed E-state index contributed by atoms with van der Waals surface area (Å²) in [6.07, 6.45) is 0. The second-order valence-electron chi connectivity index (χ2n) is 4.88. The number of nitrogens with zero attached hydrogens (tertiary/aromatic N) is 2. The number of esters is 1. The molecular formula is C17H17N3O4. The number of nitrogen functional groups attached to an aromatic ring is 1. The van der Waals surface area contributed by atoms with E-state index in [4.69, 9.17) is 10.5 Å². The first-order chi connectivity index (χ1) is 11.4. The number of hydrogen-bond acceptors (Lipinski definition) is 6. The van der Waals surface area contributed by atoms with Gasteiger partial charge in [0, 0.05) is 12.6 Å². The Kier molecular flexibility index (Phi) is 5.26. The molecular weight excluding hydrogens is 310 g/mol. The van der Waals surface area contributed by atoms with Crippen LogP contribution >= 0.6 is 0 Å². The fourth-order valence-electron chi connectivity index (χ4n) is 2.05. The van der Waals surface area contributed by atoms with Crippen LogP contribution in [0.5, 0.6) is 0 Å². The van der Waals surface area contributed by atoms with Gasteiger partial charge < -0.3 is 10.5 Å². The summed E-state index contributed by atoms with van der Waals surface area (Å²) in [4.78, 5) is 41.3. The smallest absolute Gasteiger partial charge is 0.356 e. The van der Waals surface area contributed by atoms with Crippen LogP contribution in [0.15, 0.2) is 42.5 Å². The van der Waals surface area contributed by atoms with E-state index in [1.807, 2.05) is 0 Å². The van der Waals surface area contributed by atoms with Gasteiger partial charge in [0.15, 0.2) is 0 Å². The third-order valence-corrected chi connectivity index (χ3v) is 3.12. The van der Waals surface area contributed by atoms with Crippen molar-refractivity contribution in [2.45, 2.75) is 13.8 Å². The Morgan fingerprint density at radius 2 is 1.71 bits per heavy atom. The first-order valence-electron chi connectivity index (χ1n) is 7.28. The monoisotopic (exact) mass is 327 g/mol. The van der Waals surface area contributed by atoms with Crippen molar-refractivity contribution in [1.29, 1.82) is 0 Å². The molecule has 24 heavy (non-hydrogen) atoms. The molecule has 2 amide bonds. The lowest BCUT2D eigenvalue weighted by Gasteiger charge is -2.19. The highest BCUT2D eigenvalue weighted by atomic mass is 16.5. The lowest BCUT2D eigenvalue weighted by molar-refractivity contribution is -0.115. The molecule has 7 heteroatoms. The van der Waals surface area contributed by atoms with Gasteiger partial charge in [-0.25, -0.2) is 14.7 Å². The van der Waals surface area contributed by atoms with E-state index in [9.17, 15) is 14.4 Å². The van der Waals surface area contributed by atoms with E-state index in [1.54, 1.807) is 31.2 Å². The fraction of sp³-hybridized carbons (Fsp3) is 0.176. The molecule has 0 aliphatic heterocycles. The third kappa shape index (κ3) is 3.75. The van der Waals surface area contributed by atoms with Gasteiger partial charge in [-0.15, -0.1) is 0 Å². The maximum absolute atomic E-state index is 12.7. The van der Waals surface area contributed by atoms with E-state index in [-0.39, 0.29) is 18.0 Å². The number of rotatable bonds is 4. The Balaban J connectivity index is 2.37. The zero-order valence-corrected chi connectivity index (χ0v) is 13.4. The van der Waals surface area contributed by atoms with Crippen molar-refractivity contribution in [3.8, 4) is 0 Å². The van der Waals surface area contributed by atoms with Gasteiger partial charge in [-0.1, -0.05) is 6.07 Å². The van der Waals surface area contributed by atoms with Gasteiger partial charge in [0.05, 0.1) is 12.3 Å². The van der Waals surface area contributed by atoms with E-state index >= 15 is 0 Å². The number of amides is 2. The zero-order chi connectivity index (χ0) is 17.7. The van der Waals surface area contributed by atoms with Crippen molar-refractivity contribution in [3.05, 3.63) is 53.9 Å². The summed E-state index contributed by atoms with van der Waals surface area (Å²) in [5.41, 5.74) is 6.47. The van der Waals surface area contributed by atoms with E-state index in [0.717, 1.165) is 4.90 Å². The molecule has 0 unspecified atom stereocenters. The molecule has 0 saturated heterocycles. The van der Waals surface area contributed by atoms with Crippen LogP contribution in [0.3, 0.4) is 0 Å². The van der Waals surface area contributed by atoms with Crippen LogP contribution in [0, 0.1) is 0 Å². The van der Waals surface area contributed by atoms with Gasteiger partial charge in [0.25, 0.3) is 5.91 Å². The molecule has 0 fully saturated rings. The number of carbonyl (C=O) groups is 3. The largest absolute Gasteiger partial charge is 0.461 e. The molecule has 2 rings (SSSR count). The Bertz CT molecular complexity index is 772. The summed E-state index contributed by atoms with van der Waals surface area (Å²) < 4.78 is 4.86. The van der Waals surface area contributed by atoms with Crippen LogP contribution in [0.25, 0.3) is 0 Å². The molecule has 2 aromatic rings. The van der Waals surface area contributed by atoms with E-state index in [0.29, 0.717) is 11.4 Å². The number of anilines is 2. The lowest BCUT2D eigenvalue weighted by atomic mass is 10.2. The predicted molar refractivity (Wildman–Crippen MR) is 88.5 cm³/mol. The molecule has 0 aliphatic carbocycles. The summed E-state index contributed by atoms with van der Waals surface area (Å²) in [7, 11) is 0. The maximum atomic E-state index is 12.7. The second kappa shape index (κ2) is 7.36.